The number of rotatable bonds is 22. The van der Waals surface area contributed by atoms with E-state index in [-0.39, 0.29) is 59.5 Å². The second-order valence-corrected chi connectivity index (χ2v) is 15.9. The van der Waals surface area contributed by atoms with E-state index in [1.807, 2.05) is 24.3 Å². The van der Waals surface area contributed by atoms with Crippen molar-refractivity contribution in [2.24, 2.45) is 11.8 Å². The van der Waals surface area contributed by atoms with E-state index in [1.165, 1.54) is 48.8 Å². The molecular weight excluding hydrogens is 721 g/mol. The third-order valence-electron chi connectivity index (χ3n) is 10.4. The quantitative estimate of drug-likeness (QED) is 0.0433. The summed E-state index contributed by atoms with van der Waals surface area (Å²) in [5.74, 6) is 0.128. The van der Waals surface area contributed by atoms with Crippen molar-refractivity contribution < 1.29 is 24.3 Å². The average Bonchev–Trinajstić information content (AvgIpc) is 3.64. The molecule has 0 bridgehead atoms. The van der Waals surface area contributed by atoms with Gasteiger partial charge < -0.3 is 21.5 Å². The Labute approximate surface area is 327 Å². The van der Waals surface area contributed by atoms with E-state index < -0.39 is 5.25 Å². The number of benzene rings is 1. The van der Waals surface area contributed by atoms with Crippen LogP contribution < -0.4 is 27.2 Å². The SMILES string of the molecule is CCCCCCCCCNC(=O)CSC1CC(=O)N(CC2CCC(C(=O)NNc3ccc(Cn4c(O)nc5c(N)nc(NCCCC)nc54)cc3)CC2)C1=O. The van der Waals surface area contributed by atoms with Gasteiger partial charge in [0.25, 0.3) is 6.01 Å². The van der Waals surface area contributed by atoms with Gasteiger partial charge in [0.2, 0.25) is 29.6 Å². The standard InChI is InChI=1S/C39H58N10O5S/c1-3-5-7-8-9-10-11-21-41-31(50)25-55-30-22-32(51)48(37(30)53)23-26-12-16-28(17-13-26)36(52)47-46-29-18-14-27(15-19-29)24-49-35-33(43-39(49)54)34(40)44-38(45-35)42-20-6-4-2/h14-15,18-19,26,28,30,46H,3-13,16-17,20-25H2,1-2H3,(H,41,50)(H,43,54)(H,47,52)(H3,40,42,44,45). The molecule has 2 aliphatic rings. The molecule has 2 aromatic heterocycles. The van der Waals surface area contributed by atoms with E-state index in [2.05, 4.69) is 50.3 Å². The Hall–Kier alpha value is -4.60. The number of carbonyl (C=O) groups excluding carboxylic acids is 4. The van der Waals surface area contributed by atoms with Gasteiger partial charge in [-0.25, -0.2) is 0 Å². The monoisotopic (exact) mass is 778 g/mol. The fourth-order valence-electron chi connectivity index (χ4n) is 7.10. The number of imide groups is 1. The number of thioether (sulfide) groups is 1. The van der Waals surface area contributed by atoms with Crippen molar-refractivity contribution in [2.75, 3.05) is 41.9 Å². The van der Waals surface area contributed by atoms with E-state index in [0.29, 0.717) is 61.8 Å². The summed E-state index contributed by atoms with van der Waals surface area (Å²) in [6, 6.07) is 7.23. The van der Waals surface area contributed by atoms with Crippen LogP contribution in [0, 0.1) is 11.8 Å². The highest BCUT2D eigenvalue weighted by atomic mass is 32.2. The van der Waals surface area contributed by atoms with Crippen LogP contribution in [0.15, 0.2) is 24.3 Å². The van der Waals surface area contributed by atoms with Crippen molar-refractivity contribution in [1.82, 2.24) is 35.2 Å². The number of nitrogens with zero attached hydrogens (tertiary/aromatic N) is 5. The molecule has 0 spiro atoms. The van der Waals surface area contributed by atoms with Crippen molar-refractivity contribution in [3.8, 4) is 6.01 Å². The number of aromatic hydroxyl groups is 1. The summed E-state index contributed by atoms with van der Waals surface area (Å²) in [4.78, 5) is 65.5. The Bertz CT molecular complexity index is 1740. The lowest BCUT2D eigenvalue weighted by atomic mass is 9.81. The maximum absolute atomic E-state index is 13.1. The number of hydrogen-bond donors (Lipinski definition) is 6. The highest BCUT2D eigenvalue weighted by Gasteiger charge is 2.40. The van der Waals surface area contributed by atoms with Crippen LogP contribution in [0.25, 0.3) is 11.2 Å². The number of amides is 4. The highest BCUT2D eigenvalue weighted by Crippen LogP contribution is 2.33. The predicted molar refractivity (Wildman–Crippen MR) is 216 cm³/mol. The minimum absolute atomic E-state index is 0.0926. The van der Waals surface area contributed by atoms with Gasteiger partial charge in [-0.2, -0.15) is 15.0 Å². The molecule has 1 aliphatic heterocycles. The molecular formula is C39H58N10O5S. The van der Waals surface area contributed by atoms with Gasteiger partial charge in [0, 0.05) is 32.0 Å². The minimum Gasteiger partial charge on any atom is -0.480 e. The van der Waals surface area contributed by atoms with Gasteiger partial charge in [-0.1, -0.05) is 70.9 Å². The van der Waals surface area contributed by atoms with Gasteiger partial charge in [0.15, 0.2) is 17.0 Å². The number of nitrogens with one attached hydrogen (secondary N) is 4. The van der Waals surface area contributed by atoms with Crippen molar-refractivity contribution in [1.29, 1.82) is 0 Å². The lowest BCUT2D eigenvalue weighted by Crippen LogP contribution is -2.40. The molecule has 4 amide bonds. The lowest BCUT2D eigenvalue weighted by molar-refractivity contribution is -0.139. The topological polar surface area (TPSA) is 209 Å². The maximum Gasteiger partial charge on any atom is 0.296 e. The summed E-state index contributed by atoms with van der Waals surface area (Å²) in [6.07, 6.45) is 13.2. The van der Waals surface area contributed by atoms with Crippen LogP contribution in [-0.2, 0) is 25.7 Å². The van der Waals surface area contributed by atoms with Crippen LogP contribution in [0.5, 0.6) is 6.01 Å². The van der Waals surface area contributed by atoms with E-state index in [1.54, 1.807) is 4.57 Å². The summed E-state index contributed by atoms with van der Waals surface area (Å²) >= 11 is 1.25. The van der Waals surface area contributed by atoms with Crippen LogP contribution in [-0.4, -0.2) is 83.8 Å². The van der Waals surface area contributed by atoms with E-state index in [0.717, 1.165) is 44.1 Å². The zero-order valence-electron chi connectivity index (χ0n) is 32.3. The van der Waals surface area contributed by atoms with Gasteiger partial charge in [-0.3, -0.25) is 39.5 Å². The van der Waals surface area contributed by atoms with Crippen LogP contribution in [0.4, 0.5) is 17.5 Å². The smallest absolute Gasteiger partial charge is 0.296 e. The van der Waals surface area contributed by atoms with Crippen LogP contribution in [0.1, 0.15) is 109 Å². The Balaban J connectivity index is 0.998. The summed E-state index contributed by atoms with van der Waals surface area (Å²) in [5, 5.41) is 16.2. The fraction of sp³-hybridized carbons (Fsp3) is 0.615. The largest absolute Gasteiger partial charge is 0.480 e. The number of unbranched alkanes of at least 4 members (excludes halogenated alkanes) is 7. The molecule has 3 aromatic rings. The summed E-state index contributed by atoms with van der Waals surface area (Å²) < 4.78 is 1.57. The van der Waals surface area contributed by atoms with Crippen LogP contribution >= 0.6 is 11.8 Å². The summed E-state index contributed by atoms with van der Waals surface area (Å²) in [7, 11) is 0. The van der Waals surface area contributed by atoms with Crippen molar-refractivity contribution in [3.05, 3.63) is 29.8 Å². The number of fused-ring (bicyclic) bond motifs is 1. The molecule has 5 rings (SSSR count). The Morgan fingerprint density at radius 1 is 0.909 bits per heavy atom. The highest BCUT2D eigenvalue weighted by molar-refractivity contribution is 8.01. The molecule has 300 valence electrons. The van der Waals surface area contributed by atoms with Gasteiger partial charge in [-0.05, 0) is 62.1 Å². The molecule has 0 radical (unpaired) electrons. The molecule has 7 N–H and O–H groups in total. The molecule has 1 aromatic carbocycles. The maximum atomic E-state index is 13.1. The van der Waals surface area contributed by atoms with Gasteiger partial charge >= 0.3 is 0 Å². The molecule has 16 heteroatoms. The zero-order chi connectivity index (χ0) is 39.2. The number of imidazole rings is 1. The molecule has 1 unspecified atom stereocenters. The molecule has 55 heavy (non-hydrogen) atoms. The molecule has 1 saturated heterocycles. The number of nitrogens with two attached hydrogens (primary N) is 1. The zero-order valence-corrected chi connectivity index (χ0v) is 33.1. The fourth-order valence-corrected chi connectivity index (χ4v) is 8.09. The van der Waals surface area contributed by atoms with E-state index in [9.17, 15) is 24.3 Å². The number of hydrazine groups is 1. The molecule has 1 aliphatic carbocycles. The number of anilines is 3. The van der Waals surface area contributed by atoms with Crippen molar-refractivity contribution >= 4 is 64.0 Å². The molecule has 2 fully saturated rings. The summed E-state index contributed by atoms with van der Waals surface area (Å²) in [5.41, 5.74) is 14.3. The third kappa shape index (κ3) is 11.9. The van der Waals surface area contributed by atoms with Gasteiger partial charge in [0.1, 0.15) is 0 Å². The molecule has 3 heterocycles. The normalized spacial score (nSPS) is 18.5. The number of carbonyl (C=O) groups is 4. The first-order chi connectivity index (χ1) is 26.7. The molecule has 1 saturated carbocycles. The third-order valence-corrected chi connectivity index (χ3v) is 11.6. The first-order valence-corrected chi connectivity index (χ1v) is 21.1. The van der Waals surface area contributed by atoms with E-state index >= 15 is 0 Å². The van der Waals surface area contributed by atoms with Crippen molar-refractivity contribution in [3.63, 3.8) is 0 Å². The number of hydrogen-bond acceptors (Lipinski definition) is 12. The predicted octanol–water partition coefficient (Wildman–Crippen LogP) is 5.35. The minimum atomic E-state index is -0.517. The lowest BCUT2D eigenvalue weighted by Gasteiger charge is -2.30. The first-order valence-electron chi connectivity index (χ1n) is 20.0. The van der Waals surface area contributed by atoms with Crippen molar-refractivity contribution in [2.45, 2.75) is 116 Å². The second-order valence-electron chi connectivity index (χ2n) is 14.7. The number of nitrogen functional groups attached to an aromatic ring is 1. The Morgan fingerprint density at radius 3 is 2.35 bits per heavy atom. The molecule has 15 nitrogen and oxygen atoms in total. The number of aromatic nitrogens is 4. The van der Waals surface area contributed by atoms with Crippen LogP contribution in [0.3, 0.4) is 0 Å². The van der Waals surface area contributed by atoms with Crippen LogP contribution in [0.2, 0.25) is 0 Å². The molecule has 1 atom stereocenters. The Morgan fingerprint density at radius 2 is 1.62 bits per heavy atom. The summed E-state index contributed by atoms with van der Waals surface area (Å²) in [6.45, 7) is 6.32. The second kappa shape index (κ2) is 20.9. The van der Waals surface area contributed by atoms with Gasteiger partial charge in [0.05, 0.1) is 23.2 Å². The number of likely N-dealkylation sites (tertiary alicyclic amines) is 1. The average molecular weight is 779 g/mol. The first kappa shape index (κ1) is 41.6. The Kier molecular flexibility index (Phi) is 15.8. The van der Waals surface area contributed by atoms with Gasteiger partial charge in [-0.15, -0.1) is 11.8 Å². The van der Waals surface area contributed by atoms with E-state index in [4.69, 9.17) is 5.73 Å².